The summed E-state index contributed by atoms with van der Waals surface area (Å²) in [5.41, 5.74) is 1.39. The molecule has 3 N–H and O–H groups in total. The summed E-state index contributed by atoms with van der Waals surface area (Å²) in [6.07, 6.45) is 5.32. The molecule has 1 aliphatic heterocycles. The highest BCUT2D eigenvalue weighted by Gasteiger charge is 2.42. The molecule has 8 nitrogen and oxygen atoms in total. The minimum absolute atomic E-state index is 0.0921. The van der Waals surface area contributed by atoms with Crippen molar-refractivity contribution >= 4 is 23.5 Å². The van der Waals surface area contributed by atoms with E-state index in [0.29, 0.717) is 25.7 Å². The van der Waals surface area contributed by atoms with Crippen molar-refractivity contribution in [2.45, 2.75) is 58.1 Å². The van der Waals surface area contributed by atoms with E-state index in [0.717, 1.165) is 56.3 Å². The first kappa shape index (κ1) is 24.0. The molecular weight excluding hydrogens is 406 g/mol. The molecule has 1 heterocycles. The molecule has 0 radical (unpaired) electrons. The molecule has 0 aromatic heterocycles. The predicted octanol–water partition coefficient (Wildman–Crippen LogP) is 2.51. The number of aliphatic imine (C=N–C) groups is 1. The number of hydrogen-bond donors (Lipinski definition) is 3. The van der Waals surface area contributed by atoms with Gasteiger partial charge in [-0.2, -0.15) is 0 Å². The normalized spacial score (nSPS) is 20.1. The van der Waals surface area contributed by atoms with E-state index < -0.39 is 0 Å². The van der Waals surface area contributed by atoms with Crippen LogP contribution in [-0.4, -0.2) is 62.6 Å². The van der Waals surface area contributed by atoms with Crippen LogP contribution in [0, 0.1) is 5.41 Å². The van der Waals surface area contributed by atoms with Crippen LogP contribution in [0.5, 0.6) is 0 Å². The molecule has 176 valence electrons. The van der Waals surface area contributed by atoms with Crippen LogP contribution in [0.2, 0.25) is 0 Å². The summed E-state index contributed by atoms with van der Waals surface area (Å²) in [4.78, 5) is 31.5. The Labute approximate surface area is 191 Å². The lowest BCUT2D eigenvalue weighted by atomic mass is 9.84. The first-order chi connectivity index (χ1) is 15.4. The van der Waals surface area contributed by atoms with Crippen molar-refractivity contribution < 1.29 is 14.3 Å². The number of amides is 2. The van der Waals surface area contributed by atoms with Gasteiger partial charge in [0.05, 0.1) is 12.0 Å². The van der Waals surface area contributed by atoms with E-state index in [1.54, 1.807) is 4.90 Å². The van der Waals surface area contributed by atoms with Crippen LogP contribution in [0.15, 0.2) is 29.3 Å². The minimum Gasteiger partial charge on any atom is -0.368 e. The molecule has 0 spiro atoms. The average molecular weight is 444 g/mol. The van der Waals surface area contributed by atoms with E-state index in [1.165, 1.54) is 0 Å². The highest BCUT2D eigenvalue weighted by Crippen LogP contribution is 2.38. The van der Waals surface area contributed by atoms with Gasteiger partial charge in [-0.1, -0.05) is 25.0 Å². The molecule has 2 amide bonds. The lowest BCUT2D eigenvalue weighted by Crippen LogP contribution is -2.49. The van der Waals surface area contributed by atoms with Crippen LogP contribution in [0.1, 0.15) is 51.0 Å². The highest BCUT2D eigenvalue weighted by molar-refractivity contribution is 5.94. The number of rotatable bonds is 8. The molecule has 32 heavy (non-hydrogen) atoms. The minimum atomic E-state index is -0.355. The average Bonchev–Trinajstić information content (AvgIpc) is 3.48. The summed E-state index contributed by atoms with van der Waals surface area (Å²) in [5.74, 6) is 0.790. The maximum Gasteiger partial charge on any atom is 0.253 e. The topological polar surface area (TPSA) is 95.1 Å². The zero-order valence-electron chi connectivity index (χ0n) is 19.6. The maximum atomic E-state index is 12.8. The standard InChI is InChI=1S/C24H37N5O3/c1-4-25-23(27-17-24(12-5-6-13-24)22(31)29(2)3)26-16-18-9-7-10-19(15-18)28-21(30)20-11-8-14-32-20/h7,9-10,15,20H,4-6,8,11-14,16-17H2,1-3H3,(H,28,30)(H2,25,26,27). The first-order valence-electron chi connectivity index (χ1n) is 11.7. The van der Waals surface area contributed by atoms with Crippen molar-refractivity contribution in [2.24, 2.45) is 10.4 Å². The second kappa shape index (κ2) is 11.3. The highest BCUT2D eigenvalue weighted by atomic mass is 16.5. The van der Waals surface area contributed by atoms with Crippen LogP contribution in [0.25, 0.3) is 0 Å². The Morgan fingerprint density at radius 1 is 1.19 bits per heavy atom. The summed E-state index contributed by atoms with van der Waals surface area (Å²) >= 11 is 0. The SMILES string of the molecule is CCNC(=NCc1cccc(NC(=O)C2CCCO2)c1)NCC1(C(=O)N(C)C)CCCC1. The smallest absolute Gasteiger partial charge is 0.253 e. The quantitative estimate of drug-likeness (QED) is 0.424. The first-order valence-corrected chi connectivity index (χ1v) is 11.7. The predicted molar refractivity (Wildman–Crippen MR) is 126 cm³/mol. The van der Waals surface area contributed by atoms with E-state index in [4.69, 9.17) is 9.73 Å². The summed E-state index contributed by atoms with van der Waals surface area (Å²) < 4.78 is 5.45. The van der Waals surface area contributed by atoms with Crippen molar-refractivity contribution in [3.05, 3.63) is 29.8 Å². The molecule has 1 aliphatic carbocycles. The second-order valence-corrected chi connectivity index (χ2v) is 8.93. The number of benzene rings is 1. The fraction of sp³-hybridized carbons (Fsp3) is 0.625. The maximum absolute atomic E-state index is 12.8. The van der Waals surface area contributed by atoms with Crippen LogP contribution in [0.4, 0.5) is 5.69 Å². The van der Waals surface area contributed by atoms with Gasteiger partial charge in [-0.25, -0.2) is 4.99 Å². The Balaban J connectivity index is 1.62. The molecule has 2 fully saturated rings. The number of hydrogen-bond acceptors (Lipinski definition) is 4. The third-order valence-electron chi connectivity index (χ3n) is 6.20. The van der Waals surface area contributed by atoms with Gasteiger partial charge in [-0.3, -0.25) is 9.59 Å². The molecule has 0 bridgehead atoms. The molecular formula is C24H37N5O3. The van der Waals surface area contributed by atoms with Crippen molar-refractivity contribution in [3.8, 4) is 0 Å². The zero-order chi connectivity index (χ0) is 23.0. The Morgan fingerprint density at radius 3 is 2.62 bits per heavy atom. The van der Waals surface area contributed by atoms with E-state index >= 15 is 0 Å². The van der Waals surface area contributed by atoms with Gasteiger partial charge in [0, 0.05) is 39.5 Å². The van der Waals surface area contributed by atoms with Crippen molar-refractivity contribution in [1.82, 2.24) is 15.5 Å². The molecule has 2 aliphatic rings. The number of carbonyl (C=O) groups is 2. The molecule has 1 aromatic carbocycles. The van der Waals surface area contributed by atoms with Crippen molar-refractivity contribution in [1.29, 1.82) is 0 Å². The molecule has 1 unspecified atom stereocenters. The summed E-state index contributed by atoms with van der Waals surface area (Å²) in [6.45, 7) is 4.45. The van der Waals surface area contributed by atoms with Gasteiger partial charge in [0.15, 0.2) is 5.96 Å². The van der Waals surface area contributed by atoms with Gasteiger partial charge in [-0.05, 0) is 50.3 Å². The fourth-order valence-electron chi connectivity index (χ4n) is 4.51. The number of nitrogens with one attached hydrogen (secondary N) is 3. The van der Waals surface area contributed by atoms with Gasteiger partial charge >= 0.3 is 0 Å². The Kier molecular flexibility index (Phi) is 8.50. The number of anilines is 1. The van der Waals surface area contributed by atoms with Gasteiger partial charge in [-0.15, -0.1) is 0 Å². The fourth-order valence-corrected chi connectivity index (χ4v) is 4.51. The lowest BCUT2D eigenvalue weighted by molar-refractivity contribution is -0.138. The van der Waals surface area contributed by atoms with E-state index in [9.17, 15) is 9.59 Å². The van der Waals surface area contributed by atoms with E-state index in [1.807, 2.05) is 45.3 Å². The largest absolute Gasteiger partial charge is 0.368 e. The van der Waals surface area contributed by atoms with Crippen LogP contribution in [0.3, 0.4) is 0 Å². The van der Waals surface area contributed by atoms with Crippen molar-refractivity contribution in [3.63, 3.8) is 0 Å². The van der Waals surface area contributed by atoms with Crippen molar-refractivity contribution in [2.75, 3.05) is 39.1 Å². The van der Waals surface area contributed by atoms with Gasteiger partial charge in [0.1, 0.15) is 6.10 Å². The molecule has 8 heteroatoms. The molecule has 1 atom stereocenters. The summed E-state index contributed by atoms with van der Waals surface area (Å²) in [5, 5.41) is 9.61. The van der Waals surface area contributed by atoms with Gasteiger partial charge in [0.2, 0.25) is 5.91 Å². The molecule has 1 aromatic rings. The zero-order valence-corrected chi connectivity index (χ0v) is 19.6. The lowest BCUT2D eigenvalue weighted by Gasteiger charge is -2.31. The molecule has 3 rings (SSSR count). The van der Waals surface area contributed by atoms with E-state index in [2.05, 4.69) is 16.0 Å². The second-order valence-electron chi connectivity index (χ2n) is 8.93. The number of guanidine groups is 1. The van der Waals surface area contributed by atoms with Gasteiger partial charge < -0.3 is 25.6 Å². The van der Waals surface area contributed by atoms with Crippen LogP contribution < -0.4 is 16.0 Å². The number of ether oxygens (including phenoxy) is 1. The summed E-state index contributed by atoms with van der Waals surface area (Å²) in [6, 6.07) is 7.72. The van der Waals surface area contributed by atoms with Crippen LogP contribution >= 0.6 is 0 Å². The Bertz CT molecular complexity index is 812. The Morgan fingerprint density at radius 2 is 1.97 bits per heavy atom. The van der Waals surface area contributed by atoms with E-state index in [-0.39, 0.29) is 23.3 Å². The third kappa shape index (κ3) is 6.22. The molecule has 1 saturated carbocycles. The third-order valence-corrected chi connectivity index (χ3v) is 6.20. The molecule has 1 saturated heterocycles. The number of carbonyl (C=O) groups excluding carboxylic acids is 2. The number of nitrogens with zero attached hydrogens (tertiary/aromatic N) is 2. The van der Waals surface area contributed by atoms with Crippen LogP contribution in [-0.2, 0) is 20.9 Å². The van der Waals surface area contributed by atoms with Gasteiger partial charge in [0.25, 0.3) is 5.91 Å². The monoisotopic (exact) mass is 443 g/mol. The summed E-state index contributed by atoms with van der Waals surface area (Å²) in [7, 11) is 3.65. The Hall–Kier alpha value is -2.61.